The number of nitrogens with one attached hydrogen (secondary N) is 2. The van der Waals surface area contributed by atoms with Gasteiger partial charge in [-0.1, -0.05) is 42.5 Å². The molecule has 2 N–H and O–H groups in total. The molecule has 1 aromatic heterocycles. The van der Waals surface area contributed by atoms with Crippen LogP contribution in [-0.4, -0.2) is 24.1 Å². The van der Waals surface area contributed by atoms with Crippen molar-refractivity contribution in [2.45, 2.75) is 6.18 Å². The van der Waals surface area contributed by atoms with Gasteiger partial charge in [0.15, 0.2) is 0 Å². The van der Waals surface area contributed by atoms with E-state index in [1.54, 1.807) is 31.3 Å². The summed E-state index contributed by atoms with van der Waals surface area (Å²) in [5.41, 5.74) is 1.56. The third kappa shape index (κ3) is 4.32. The average molecular weight is 423 g/mol. The van der Waals surface area contributed by atoms with Crippen molar-refractivity contribution < 1.29 is 18.0 Å². The number of alkyl halides is 3. The number of anilines is 1. The maximum atomic E-state index is 13.5. The topological polar surface area (TPSA) is 46.1 Å². The van der Waals surface area contributed by atoms with Crippen LogP contribution in [0.25, 0.3) is 27.7 Å². The van der Waals surface area contributed by atoms with Gasteiger partial charge in [0.2, 0.25) is 5.91 Å². The quantitative estimate of drug-likeness (QED) is 0.447. The van der Waals surface area contributed by atoms with Crippen LogP contribution in [0.1, 0.15) is 5.56 Å². The Morgan fingerprint density at radius 3 is 2.39 bits per heavy atom. The molecule has 4 aromatic rings. The molecule has 0 bridgehead atoms. The van der Waals surface area contributed by atoms with E-state index >= 15 is 0 Å². The maximum Gasteiger partial charge on any atom is 0.417 e. The normalized spacial score (nSPS) is 11.6. The number of amides is 1. The van der Waals surface area contributed by atoms with Crippen LogP contribution in [0, 0.1) is 0 Å². The Kier molecular flexibility index (Phi) is 5.52. The highest BCUT2D eigenvalue weighted by atomic mass is 19.4. The molecular formula is C24H20F3N3O. The summed E-state index contributed by atoms with van der Waals surface area (Å²) in [5.74, 6) is -0.202. The lowest BCUT2D eigenvalue weighted by Crippen LogP contribution is -2.24. The Labute approximate surface area is 177 Å². The van der Waals surface area contributed by atoms with Gasteiger partial charge in [0.1, 0.15) is 0 Å². The molecule has 4 nitrogen and oxygen atoms in total. The number of rotatable bonds is 5. The highest BCUT2D eigenvalue weighted by Gasteiger charge is 2.33. The largest absolute Gasteiger partial charge is 0.417 e. The minimum absolute atomic E-state index is 0.166. The Balaban J connectivity index is 1.81. The first kappa shape index (κ1) is 20.7. The lowest BCUT2D eigenvalue weighted by molar-refractivity contribution is -0.137. The van der Waals surface area contributed by atoms with Gasteiger partial charge >= 0.3 is 6.18 Å². The third-order valence-corrected chi connectivity index (χ3v) is 4.98. The van der Waals surface area contributed by atoms with E-state index in [1.165, 1.54) is 10.6 Å². The summed E-state index contributed by atoms with van der Waals surface area (Å²) in [4.78, 5) is 11.7. The van der Waals surface area contributed by atoms with Crippen LogP contribution < -0.4 is 10.6 Å². The first-order chi connectivity index (χ1) is 14.9. The third-order valence-electron chi connectivity index (χ3n) is 4.98. The van der Waals surface area contributed by atoms with E-state index in [1.807, 2.05) is 42.5 Å². The Hall–Kier alpha value is -3.58. The average Bonchev–Trinajstić information content (AvgIpc) is 3.20. The van der Waals surface area contributed by atoms with Crippen molar-refractivity contribution >= 4 is 22.4 Å². The smallest absolute Gasteiger partial charge is 0.325 e. The number of carbonyl (C=O) groups is 1. The van der Waals surface area contributed by atoms with Crippen LogP contribution in [0.5, 0.6) is 0 Å². The fraction of sp³-hybridized carbons (Fsp3) is 0.125. The number of benzene rings is 3. The number of hydrogen-bond donors (Lipinski definition) is 2. The second-order valence-electron chi connectivity index (χ2n) is 7.13. The van der Waals surface area contributed by atoms with Crippen LogP contribution in [0.3, 0.4) is 0 Å². The van der Waals surface area contributed by atoms with Gasteiger partial charge < -0.3 is 15.2 Å². The molecule has 31 heavy (non-hydrogen) atoms. The first-order valence-corrected chi connectivity index (χ1v) is 9.69. The van der Waals surface area contributed by atoms with E-state index in [2.05, 4.69) is 10.6 Å². The zero-order valence-corrected chi connectivity index (χ0v) is 16.7. The Morgan fingerprint density at radius 1 is 0.968 bits per heavy atom. The van der Waals surface area contributed by atoms with Crippen LogP contribution in [0.4, 0.5) is 18.9 Å². The summed E-state index contributed by atoms with van der Waals surface area (Å²) >= 11 is 0. The number of carbonyl (C=O) groups excluding carboxylic acids is 1. The van der Waals surface area contributed by atoms with Gasteiger partial charge in [-0.05, 0) is 48.2 Å². The van der Waals surface area contributed by atoms with E-state index in [9.17, 15) is 18.0 Å². The minimum Gasteiger partial charge on any atom is -0.325 e. The molecule has 0 unspecified atom stereocenters. The lowest BCUT2D eigenvalue weighted by Gasteiger charge is -2.13. The van der Waals surface area contributed by atoms with Crippen LogP contribution in [0.2, 0.25) is 0 Å². The lowest BCUT2D eigenvalue weighted by atomic mass is 10.0. The molecule has 3 aromatic carbocycles. The van der Waals surface area contributed by atoms with Crippen LogP contribution in [0.15, 0.2) is 79.0 Å². The number of aromatic nitrogens is 1. The van der Waals surface area contributed by atoms with Gasteiger partial charge in [0.05, 0.1) is 17.8 Å². The highest BCUT2D eigenvalue weighted by Crippen LogP contribution is 2.37. The molecule has 0 spiro atoms. The molecule has 0 saturated heterocycles. The number of likely N-dealkylation sites (N-methyl/N-ethyl adjacent to an activating group) is 1. The molecule has 1 heterocycles. The van der Waals surface area contributed by atoms with Crippen molar-refractivity contribution in [2.75, 3.05) is 18.9 Å². The van der Waals surface area contributed by atoms with Crippen molar-refractivity contribution in [1.29, 1.82) is 0 Å². The molecule has 0 radical (unpaired) electrons. The zero-order valence-electron chi connectivity index (χ0n) is 16.7. The second-order valence-corrected chi connectivity index (χ2v) is 7.13. The van der Waals surface area contributed by atoms with Gasteiger partial charge in [0.25, 0.3) is 0 Å². The van der Waals surface area contributed by atoms with E-state index < -0.39 is 11.7 Å². The number of hydrogen-bond acceptors (Lipinski definition) is 2. The molecule has 0 atom stereocenters. The van der Waals surface area contributed by atoms with Crippen LogP contribution in [-0.2, 0) is 11.0 Å². The molecule has 158 valence electrons. The second kappa shape index (κ2) is 8.28. The summed E-state index contributed by atoms with van der Waals surface area (Å²) in [6.45, 7) is 0.166. The van der Waals surface area contributed by atoms with Gasteiger partial charge in [-0.3, -0.25) is 4.79 Å². The number of nitrogens with zero attached hydrogens (tertiary/aromatic N) is 1. The number of fused-ring (bicyclic) bond motifs is 1. The van der Waals surface area contributed by atoms with Crippen molar-refractivity contribution in [3.05, 3.63) is 84.6 Å². The predicted molar refractivity (Wildman–Crippen MR) is 116 cm³/mol. The molecular weight excluding hydrogens is 403 g/mol. The van der Waals surface area contributed by atoms with Gasteiger partial charge in [-0.15, -0.1) is 0 Å². The number of halogens is 3. The highest BCUT2D eigenvalue weighted by molar-refractivity contribution is 5.96. The summed E-state index contributed by atoms with van der Waals surface area (Å²) in [6, 6.07) is 21.1. The minimum atomic E-state index is -4.47. The summed E-state index contributed by atoms with van der Waals surface area (Å²) in [6.07, 6.45) is -3.36. The first-order valence-electron chi connectivity index (χ1n) is 9.69. The molecule has 1 amide bonds. The molecule has 0 aliphatic rings. The monoisotopic (exact) mass is 423 g/mol. The van der Waals surface area contributed by atoms with E-state index in [0.29, 0.717) is 22.6 Å². The SMILES string of the molecule is CNCC(=O)Nc1ccc(-n2cc(C(F)(F)F)cc2-c2cccc3ccccc23)cc1. The Bertz CT molecular complexity index is 1220. The van der Waals surface area contributed by atoms with Crippen molar-refractivity contribution in [3.63, 3.8) is 0 Å². The fourth-order valence-electron chi connectivity index (χ4n) is 3.56. The van der Waals surface area contributed by atoms with Gasteiger partial charge in [-0.25, -0.2) is 0 Å². The Morgan fingerprint density at radius 2 is 1.68 bits per heavy atom. The molecule has 0 aliphatic heterocycles. The molecule has 0 saturated carbocycles. The van der Waals surface area contributed by atoms with E-state index in [0.717, 1.165) is 17.0 Å². The van der Waals surface area contributed by atoms with Gasteiger partial charge in [-0.2, -0.15) is 13.2 Å². The molecule has 0 fully saturated rings. The van der Waals surface area contributed by atoms with E-state index in [-0.39, 0.29) is 12.5 Å². The molecule has 4 rings (SSSR count). The zero-order chi connectivity index (χ0) is 22.0. The standard InChI is InChI=1S/C24H20F3N3O/c1-28-14-23(31)29-18-9-11-19(12-10-18)30-15-17(24(25,26)27)13-22(30)21-8-4-6-16-5-2-3-7-20(16)21/h2-13,15,28H,14H2,1H3,(H,29,31). The van der Waals surface area contributed by atoms with E-state index in [4.69, 9.17) is 0 Å². The van der Waals surface area contributed by atoms with Crippen molar-refractivity contribution in [3.8, 4) is 16.9 Å². The van der Waals surface area contributed by atoms with Crippen LogP contribution >= 0.6 is 0 Å². The van der Waals surface area contributed by atoms with Crippen molar-refractivity contribution in [1.82, 2.24) is 9.88 Å². The summed E-state index contributed by atoms with van der Waals surface area (Å²) in [7, 11) is 1.67. The van der Waals surface area contributed by atoms with Crippen molar-refractivity contribution in [2.24, 2.45) is 0 Å². The molecule has 0 aliphatic carbocycles. The maximum absolute atomic E-state index is 13.5. The van der Waals surface area contributed by atoms with Gasteiger partial charge in [0, 0.05) is 23.1 Å². The predicted octanol–water partition coefficient (Wildman–Crippen LogP) is 5.47. The summed E-state index contributed by atoms with van der Waals surface area (Å²) in [5, 5.41) is 7.31. The molecule has 7 heteroatoms. The summed E-state index contributed by atoms with van der Waals surface area (Å²) < 4.78 is 42.2. The fourth-order valence-corrected chi connectivity index (χ4v) is 3.56.